The average molecular weight is 352 g/mol. The molecule has 3 aromatic rings. The highest BCUT2D eigenvalue weighted by molar-refractivity contribution is 5.42. The molecule has 2 N–H and O–H groups in total. The normalized spacial score (nSPS) is 12.0. The highest BCUT2D eigenvalue weighted by Crippen LogP contribution is 2.26. The Balaban J connectivity index is 1.79. The van der Waals surface area contributed by atoms with Crippen LogP contribution in [0.15, 0.2) is 48.8 Å². The summed E-state index contributed by atoms with van der Waals surface area (Å²) in [5.41, 5.74) is 8.92. The van der Waals surface area contributed by atoms with Crippen LogP contribution >= 0.6 is 0 Å². The van der Waals surface area contributed by atoms with Gasteiger partial charge in [0.2, 0.25) is 0 Å². The predicted octanol–water partition coefficient (Wildman–Crippen LogP) is 3.27. The minimum absolute atomic E-state index is 0.291. The summed E-state index contributed by atoms with van der Waals surface area (Å²) in [6, 6.07) is 13.8. The molecule has 0 aliphatic rings. The lowest BCUT2D eigenvalue weighted by molar-refractivity contribution is 0.390. The Kier molecular flexibility index (Phi) is 5.41. The molecular formula is C20H24N4O2. The monoisotopic (exact) mass is 352 g/mol. The van der Waals surface area contributed by atoms with E-state index in [1.807, 2.05) is 41.0 Å². The Hall–Kier alpha value is -3.02. The molecule has 0 aliphatic heterocycles. The molecule has 0 saturated carbocycles. The molecule has 1 atom stereocenters. The summed E-state index contributed by atoms with van der Waals surface area (Å²) in [5, 5.41) is 8.40. The van der Waals surface area contributed by atoms with Crippen LogP contribution in [0.1, 0.15) is 29.8 Å². The van der Waals surface area contributed by atoms with Crippen LogP contribution < -0.4 is 15.2 Å². The maximum Gasteiger partial charge on any atom is 0.133 e. The first-order valence-electron chi connectivity index (χ1n) is 8.53. The molecule has 6 heteroatoms. The van der Waals surface area contributed by atoms with Crippen molar-refractivity contribution in [3.63, 3.8) is 0 Å². The van der Waals surface area contributed by atoms with Crippen molar-refractivity contribution in [2.75, 3.05) is 20.0 Å². The van der Waals surface area contributed by atoms with Crippen molar-refractivity contribution in [2.45, 2.75) is 25.8 Å². The summed E-state index contributed by atoms with van der Waals surface area (Å²) in [6.07, 6.45) is 2.53. The second kappa shape index (κ2) is 7.91. The van der Waals surface area contributed by atoms with Crippen LogP contribution in [-0.2, 0) is 13.0 Å². The van der Waals surface area contributed by atoms with Gasteiger partial charge in [-0.2, -0.15) is 0 Å². The Bertz CT molecular complexity index is 876. The number of benzene rings is 2. The topological polar surface area (TPSA) is 75.2 Å². The lowest BCUT2D eigenvalue weighted by Gasteiger charge is -2.15. The van der Waals surface area contributed by atoms with Gasteiger partial charge in [-0.1, -0.05) is 19.1 Å². The second-order valence-corrected chi connectivity index (χ2v) is 6.33. The van der Waals surface area contributed by atoms with Gasteiger partial charge in [-0.05, 0) is 35.7 Å². The van der Waals surface area contributed by atoms with Crippen LogP contribution in [0.4, 0.5) is 5.69 Å². The molecule has 6 nitrogen and oxygen atoms in total. The first-order valence-corrected chi connectivity index (χ1v) is 8.53. The molecule has 0 aliphatic carbocycles. The number of hydrogen-bond donors (Lipinski definition) is 1. The summed E-state index contributed by atoms with van der Waals surface area (Å²) in [6.45, 7) is 2.81. The first-order chi connectivity index (χ1) is 12.6. The minimum atomic E-state index is 0.291. The fourth-order valence-electron chi connectivity index (χ4n) is 2.99. The van der Waals surface area contributed by atoms with Gasteiger partial charge < -0.3 is 19.8 Å². The van der Waals surface area contributed by atoms with E-state index in [-0.39, 0.29) is 0 Å². The van der Waals surface area contributed by atoms with Crippen molar-refractivity contribution in [2.24, 2.45) is 0 Å². The van der Waals surface area contributed by atoms with Gasteiger partial charge in [-0.15, -0.1) is 10.2 Å². The van der Waals surface area contributed by atoms with E-state index in [2.05, 4.69) is 23.2 Å². The average Bonchev–Trinajstić information content (AvgIpc) is 3.08. The van der Waals surface area contributed by atoms with Crippen molar-refractivity contribution in [1.29, 1.82) is 0 Å². The van der Waals surface area contributed by atoms with E-state index in [1.54, 1.807) is 20.5 Å². The van der Waals surface area contributed by atoms with Gasteiger partial charge in [0.1, 0.15) is 23.7 Å². The third-order valence-corrected chi connectivity index (χ3v) is 4.50. The largest absolute Gasteiger partial charge is 0.497 e. The smallest absolute Gasteiger partial charge is 0.133 e. The van der Waals surface area contributed by atoms with Crippen LogP contribution in [-0.4, -0.2) is 29.0 Å². The number of nitrogen functional groups attached to an aromatic ring is 1. The van der Waals surface area contributed by atoms with Crippen molar-refractivity contribution < 1.29 is 9.47 Å². The van der Waals surface area contributed by atoms with Crippen LogP contribution in [0.2, 0.25) is 0 Å². The van der Waals surface area contributed by atoms with Crippen LogP contribution in [0.25, 0.3) is 0 Å². The van der Waals surface area contributed by atoms with Crippen molar-refractivity contribution in [1.82, 2.24) is 14.8 Å². The quantitative estimate of drug-likeness (QED) is 0.661. The summed E-state index contributed by atoms with van der Waals surface area (Å²) in [5.74, 6) is 2.77. The van der Waals surface area contributed by atoms with Crippen LogP contribution in [0.5, 0.6) is 11.5 Å². The Morgan fingerprint density at radius 2 is 1.96 bits per heavy atom. The SMILES string of the molecule is COc1ccc(Cn2cnnc2CC(C)c2cccc(N)c2)c(OC)c1. The summed E-state index contributed by atoms with van der Waals surface area (Å²) >= 11 is 0. The minimum Gasteiger partial charge on any atom is -0.497 e. The zero-order chi connectivity index (χ0) is 18.5. The molecule has 1 heterocycles. The number of anilines is 1. The van der Waals surface area contributed by atoms with Gasteiger partial charge in [-0.25, -0.2) is 0 Å². The molecule has 0 saturated heterocycles. The van der Waals surface area contributed by atoms with E-state index in [1.165, 1.54) is 5.56 Å². The molecule has 0 bridgehead atoms. The van der Waals surface area contributed by atoms with Gasteiger partial charge in [0.15, 0.2) is 0 Å². The van der Waals surface area contributed by atoms with Crippen molar-refractivity contribution in [3.8, 4) is 11.5 Å². The van der Waals surface area contributed by atoms with Gasteiger partial charge in [0.25, 0.3) is 0 Å². The molecule has 1 aromatic heterocycles. The first kappa shape index (κ1) is 17.8. The van der Waals surface area contributed by atoms with Crippen LogP contribution in [0, 0.1) is 0 Å². The van der Waals surface area contributed by atoms with Crippen molar-refractivity contribution in [3.05, 3.63) is 65.7 Å². The Morgan fingerprint density at radius 3 is 2.69 bits per heavy atom. The maximum atomic E-state index is 5.90. The Labute approximate surface area is 153 Å². The standard InChI is InChI=1S/C20H24N4O2/c1-14(15-5-4-6-17(21)10-15)9-20-23-22-13-24(20)12-16-7-8-18(25-2)11-19(16)26-3/h4-8,10-11,13-14H,9,12,21H2,1-3H3. The molecule has 26 heavy (non-hydrogen) atoms. The van der Waals surface area contributed by atoms with E-state index in [9.17, 15) is 0 Å². The molecule has 0 fully saturated rings. The number of methoxy groups -OCH3 is 2. The number of rotatable bonds is 7. The predicted molar refractivity (Wildman–Crippen MR) is 102 cm³/mol. The number of aromatic nitrogens is 3. The van der Waals surface area contributed by atoms with Gasteiger partial charge >= 0.3 is 0 Å². The van der Waals surface area contributed by atoms with E-state index in [0.717, 1.165) is 35.0 Å². The number of hydrogen-bond acceptors (Lipinski definition) is 5. The summed E-state index contributed by atoms with van der Waals surface area (Å²) < 4.78 is 12.8. The zero-order valence-electron chi connectivity index (χ0n) is 15.3. The highest BCUT2D eigenvalue weighted by Gasteiger charge is 2.14. The third kappa shape index (κ3) is 3.96. The lowest BCUT2D eigenvalue weighted by Crippen LogP contribution is -2.09. The number of nitrogens with zero attached hydrogens (tertiary/aromatic N) is 3. The van der Waals surface area contributed by atoms with Gasteiger partial charge in [0, 0.05) is 23.7 Å². The van der Waals surface area contributed by atoms with E-state index >= 15 is 0 Å². The van der Waals surface area contributed by atoms with E-state index in [0.29, 0.717) is 12.5 Å². The molecule has 1 unspecified atom stereocenters. The third-order valence-electron chi connectivity index (χ3n) is 4.50. The van der Waals surface area contributed by atoms with Crippen LogP contribution in [0.3, 0.4) is 0 Å². The van der Waals surface area contributed by atoms with E-state index in [4.69, 9.17) is 15.2 Å². The number of ether oxygens (including phenoxy) is 2. The molecule has 0 amide bonds. The fourth-order valence-corrected chi connectivity index (χ4v) is 2.99. The fraction of sp³-hybridized carbons (Fsp3) is 0.300. The lowest BCUT2D eigenvalue weighted by atomic mass is 9.97. The molecule has 3 rings (SSSR count). The van der Waals surface area contributed by atoms with Gasteiger partial charge in [-0.3, -0.25) is 0 Å². The highest BCUT2D eigenvalue weighted by atomic mass is 16.5. The number of nitrogens with two attached hydrogens (primary N) is 1. The summed E-state index contributed by atoms with van der Waals surface area (Å²) in [4.78, 5) is 0. The molecule has 136 valence electrons. The second-order valence-electron chi connectivity index (χ2n) is 6.33. The summed E-state index contributed by atoms with van der Waals surface area (Å²) in [7, 11) is 3.30. The zero-order valence-corrected chi connectivity index (χ0v) is 15.3. The molecule has 0 radical (unpaired) electrons. The molecule has 2 aromatic carbocycles. The maximum absolute atomic E-state index is 5.90. The molecular weight excluding hydrogens is 328 g/mol. The molecule has 0 spiro atoms. The van der Waals surface area contributed by atoms with Gasteiger partial charge in [0.05, 0.1) is 20.8 Å². The Morgan fingerprint density at radius 1 is 1.12 bits per heavy atom. The van der Waals surface area contributed by atoms with E-state index < -0.39 is 0 Å². The van der Waals surface area contributed by atoms with Crippen molar-refractivity contribution >= 4 is 5.69 Å².